The van der Waals surface area contributed by atoms with E-state index in [2.05, 4.69) is 10.7 Å². The van der Waals surface area contributed by atoms with Crippen molar-refractivity contribution in [2.45, 2.75) is 17.4 Å². The molecule has 0 spiro atoms. The number of amides is 4. The van der Waals surface area contributed by atoms with Crippen molar-refractivity contribution in [2.75, 3.05) is 33.2 Å². The maximum atomic E-state index is 13.0. The molecule has 2 N–H and O–H groups in total. The Hall–Kier alpha value is -3.28. The number of benzene rings is 2. The van der Waals surface area contributed by atoms with E-state index in [4.69, 9.17) is 0 Å². The Kier molecular flexibility index (Phi) is 5.95. The van der Waals surface area contributed by atoms with E-state index < -0.39 is 33.4 Å². The standard InChI is InChI=1S/C22H25N5O5S/c1-22(17-8-4-3-5-9-17)20(29)27(21(30)23-22)24-19(28)16-7-6-10-18(15-16)33(31,32)26-13-11-25(2)12-14-26/h3-10,15H,11-14H2,1-2H3,(H,23,30)(H,24,28). The molecule has 2 saturated heterocycles. The second kappa shape index (κ2) is 8.58. The zero-order valence-corrected chi connectivity index (χ0v) is 19.1. The molecule has 10 nitrogen and oxygen atoms in total. The molecule has 4 amide bonds. The zero-order valence-electron chi connectivity index (χ0n) is 18.3. The quantitative estimate of drug-likeness (QED) is 0.621. The van der Waals surface area contributed by atoms with Gasteiger partial charge in [-0.15, -0.1) is 0 Å². The molecule has 2 aliphatic rings. The minimum Gasteiger partial charge on any atom is -0.318 e. The van der Waals surface area contributed by atoms with Gasteiger partial charge in [0.25, 0.3) is 11.8 Å². The molecule has 4 rings (SSSR count). The van der Waals surface area contributed by atoms with Crippen molar-refractivity contribution in [3.8, 4) is 0 Å². The van der Waals surface area contributed by atoms with Crippen LogP contribution >= 0.6 is 0 Å². The van der Waals surface area contributed by atoms with Gasteiger partial charge in [-0.05, 0) is 37.7 Å². The lowest BCUT2D eigenvalue weighted by molar-refractivity contribution is -0.132. The van der Waals surface area contributed by atoms with E-state index >= 15 is 0 Å². The topological polar surface area (TPSA) is 119 Å². The first-order valence-corrected chi connectivity index (χ1v) is 11.9. The molecule has 174 valence electrons. The summed E-state index contributed by atoms with van der Waals surface area (Å²) in [5.74, 6) is -1.42. The number of carbonyl (C=O) groups excluding carboxylic acids is 3. The van der Waals surface area contributed by atoms with Crippen LogP contribution in [0.15, 0.2) is 59.5 Å². The Labute approximate surface area is 192 Å². The van der Waals surface area contributed by atoms with Gasteiger partial charge < -0.3 is 10.2 Å². The molecule has 2 aromatic rings. The molecule has 0 saturated carbocycles. The first kappa shape index (κ1) is 22.9. The van der Waals surface area contributed by atoms with E-state index in [0.29, 0.717) is 36.8 Å². The largest absolute Gasteiger partial charge is 0.344 e. The third-order valence-electron chi connectivity index (χ3n) is 5.95. The van der Waals surface area contributed by atoms with Crippen molar-refractivity contribution in [1.82, 2.24) is 25.0 Å². The molecule has 0 radical (unpaired) electrons. The molecule has 2 aromatic carbocycles. The van der Waals surface area contributed by atoms with Crippen LogP contribution < -0.4 is 10.7 Å². The lowest BCUT2D eigenvalue weighted by Gasteiger charge is -2.31. The number of piperazine rings is 1. The number of likely N-dealkylation sites (N-methyl/N-ethyl adjacent to an activating group) is 1. The summed E-state index contributed by atoms with van der Waals surface area (Å²) in [5, 5.41) is 3.22. The fourth-order valence-corrected chi connectivity index (χ4v) is 5.32. The van der Waals surface area contributed by atoms with E-state index in [-0.39, 0.29) is 10.5 Å². The zero-order chi connectivity index (χ0) is 23.8. The molecule has 2 fully saturated rings. The maximum absolute atomic E-state index is 13.0. The number of imide groups is 1. The summed E-state index contributed by atoms with van der Waals surface area (Å²) in [6.07, 6.45) is 0. The highest BCUT2D eigenvalue weighted by Crippen LogP contribution is 2.28. The summed E-state index contributed by atoms with van der Waals surface area (Å²) >= 11 is 0. The molecule has 2 heterocycles. The molecule has 0 aliphatic carbocycles. The van der Waals surface area contributed by atoms with Crippen molar-refractivity contribution in [1.29, 1.82) is 0 Å². The smallest absolute Gasteiger partial charge is 0.318 e. The average molecular weight is 472 g/mol. The Bertz CT molecular complexity index is 1190. The van der Waals surface area contributed by atoms with Crippen molar-refractivity contribution in [2.24, 2.45) is 0 Å². The number of nitrogens with one attached hydrogen (secondary N) is 2. The number of sulfonamides is 1. The highest BCUT2D eigenvalue weighted by Gasteiger charge is 2.50. The molecule has 11 heteroatoms. The number of carbonyl (C=O) groups is 3. The number of hydrazine groups is 1. The molecule has 1 unspecified atom stereocenters. The van der Waals surface area contributed by atoms with Crippen LogP contribution in [0.4, 0.5) is 4.79 Å². The first-order chi connectivity index (χ1) is 15.6. The predicted octanol–water partition coefficient (Wildman–Crippen LogP) is 0.735. The molecule has 2 aliphatic heterocycles. The van der Waals surface area contributed by atoms with Crippen LogP contribution in [0, 0.1) is 0 Å². The highest BCUT2D eigenvalue weighted by molar-refractivity contribution is 7.89. The second-order valence-corrected chi connectivity index (χ2v) is 10.2. The van der Waals surface area contributed by atoms with Crippen LogP contribution in [0.5, 0.6) is 0 Å². The minimum atomic E-state index is -3.78. The Balaban J connectivity index is 1.53. The molecule has 0 aromatic heterocycles. The Morgan fingerprint density at radius 2 is 1.67 bits per heavy atom. The molecule has 0 bridgehead atoms. The summed E-state index contributed by atoms with van der Waals surface area (Å²) in [5.41, 5.74) is 1.55. The SMILES string of the molecule is CN1CCN(S(=O)(=O)c2cccc(C(=O)NN3C(=O)NC(C)(c4ccccc4)C3=O)c2)CC1. The number of hydrogen-bond acceptors (Lipinski definition) is 6. The number of rotatable bonds is 5. The average Bonchev–Trinajstić information content (AvgIpc) is 3.04. The fraction of sp³-hybridized carbons (Fsp3) is 0.318. The van der Waals surface area contributed by atoms with Crippen LogP contribution in [-0.4, -0.2) is 73.7 Å². The van der Waals surface area contributed by atoms with Crippen LogP contribution in [-0.2, 0) is 20.4 Å². The summed E-state index contributed by atoms with van der Waals surface area (Å²) in [4.78, 5) is 40.3. The fourth-order valence-electron chi connectivity index (χ4n) is 3.85. The normalized spacial score (nSPS) is 22.3. The number of hydrogen-bond donors (Lipinski definition) is 2. The third kappa shape index (κ3) is 4.22. The van der Waals surface area contributed by atoms with E-state index in [1.54, 1.807) is 37.3 Å². The van der Waals surface area contributed by atoms with Gasteiger partial charge in [0.15, 0.2) is 0 Å². The van der Waals surface area contributed by atoms with E-state index in [9.17, 15) is 22.8 Å². The van der Waals surface area contributed by atoms with Crippen LogP contribution in [0.1, 0.15) is 22.8 Å². The summed E-state index contributed by atoms with van der Waals surface area (Å²) < 4.78 is 27.4. The molecule has 1 atom stereocenters. The van der Waals surface area contributed by atoms with Crippen molar-refractivity contribution in [3.63, 3.8) is 0 Å². The highest BCUT2D eigenvalue weighted by atomic mass is 32.2. The van der Waals surface area contributed by atoms with Crippen LogP contribution in [0.2, 0.25) is 0 Å². The lowest BCUT2D eigenvalue weighted by Crippen LogP contribution is -2.48. The molecule has 33 heavy (non-hydrogen) atoms. The van der Waals surface area contributed by atoms with Gasteiger partial charge in [-0.2, -0.15) is 9.31 Å². The maximum Gasteiger partial charge on any atom is 0.344 e. The summed E-state index contributed by atoms with van der Waals surface area (Å²) in [6, 6.07) is 13.5. The van der Waals surface area contributed by atoms with E-state index in [1.165, 1.54) is 28.6 Å². The molecular weight excluding hydrogens is 446 g/mol. The lowest BCUT2D eigenvalue weighted by atomic mass is 9.92. The van der Waals surface area contributed by atoms with Gasteiger partial charge in [0.2, 0.25) is 10.0 Å². The Morgan fingerprint density at radius 3 is 2.33 bits per heavy atom. The van der Waals surface area contributed by atoms with Crippen LogP contribution in [0.25, 0.3) is 0 Å². The summed E-state index contributed by atoms with van der Waals surface area (Å²) in [6.45, 7) is 3.50. The van der Waals surface area contributed by atoms with Gasteiger partial charge in [0, 0.05) is 31.7 Å². The minimum absolute atomic E-state index is 0.0131. The first-order valence-electron chi connectivity index (χ1n) is 10.4. The van der Waals surface area contributed by atoms with Gasteiger partial charge >= 0.3 is 6.03 Å². The van der Waals surface area contributed by atoms with E-state index in [0.717, 1.165) is 0 Å². The van der Waals surface area contributed by atoms with E-state index in [1.807, 2.05) is 11.9 Å². The monoisotopic (exact) mass is 471 g/mol. The van der Waals surface area contributed by atoms with Gasteiger partial charge in [-0.1, -0.05) is 36.4 Å². The Morgan fingerprint density at radius 1 is 1.00 bits per heavy atom. The van der Waals surface area contributed by atoms with Crippen molar-refractivity contribution < 1.29 is 22.8 Å². The van der Waals surface area contributed by atoms with Gasteiger partial charge in [0.05, 0.1) is 4.90 Å². The van der Waals surface area contributed by atoms with Crippen molar-refractivity contribution in [3.05, 3.63) is 65.7 Å². The number of nitrogens with zero attached hydrogens (tertiary/aromatic N) is 3. The second-order valence-electron chi connectivity index (χ2n) is 8.24. The number of urea groups is 1. The predicted molar refractivity (Wildman–Crippen MR) is 119 cm³/mol. The van der Waals surface area contributed by atoms with Gasteiger partial charge in [-0.3, -0.25) is 15.0 Å². The third-order valence-corrected chi connectivity index (χ3v) is 7.85. The summed E-state index contributed by atoms with van der Waals surface area (Å²) in [7, 11) is -1.85. The van der Waals surface area contributed by atoms with Crippen LogP contribution in [0.3, 0.4) is 0 Å². The van der Waals surface area contributed by atoms with Crippen molar-refractivity contribution >= 4 is 27.9 Å². The van der Waals surface area contributed by atoms with Gasteiger partial charge in [0.1, 0.15) is 5.54 Å². The molecular formula is C22H25N5O5S. The van der Waals surface area contributed by atoms with Gasteiger partial charge in [-0.25, -0.2) is 13.2 Å².